The van der Waals surface area contributed by atoms with Gasteiger partial charge in [-0.2, -0.15) is 18.3 Å². The number of fused-ring (bicyclic) bond motifs is 1. The third-order valence-electron chi connectivity index (χ3n) is 6.79. The molecule has 30 heavy (non-hydrogen) atoms. The van der Waals surface area contributed by atoms with E-state index in [1.165, 1.54) is 0 Å². The molecule has 0 radical (unpaired) electrons. The van der Waals surface area contributed by atoms with Crippen LogP contribution in [0, 0.1) is 11.3 Å². The van der Waals surface area contributed by atoms with E-state index in [4.69, 9.17) is 0 Å². The van der Waals surface area contributed by atoms with E-state index in [1.54, 1.807) is 6.07 Å². The van der Waals surface area contributed by atoms with Gasteiger partial charge in [0.2, 0.25) is 5.91 Å². The van der Waals surface area contributed by atoms with Crippen LogP contribution in [0.15, 0.2) is 18.2 Å². The topological polar surface area (TPSA) is 50.2 Å². The van der Waals surface area contributed by atoms with Crippen molar-refractivity contribution in [1.82, 2.24) is 14.7 Å². The van der Waals surface area contributed by atoms with Gasteiger partial charge >= 0.3 is 6.18 Å². The first-order chi connectivity index (χ1) is 14.0. The van der Waals surface area contributed by atoms with Crippen LogP contribution in [0.3, 0.4) is 0 Å². The van der Waals surface area contributed by atoms with Crippen molar-refractivity contribution < 1.29 is 18.0 Å². The van der Waals surface area contributed by atoms with Gasteiger partial charge in [-0.05, 0) is 37.5 Å². The van der Waals surface area contributed by atoms with Crippen LogP contribution in [-0.2, 0) is 4.79 Å². The van der Waals surface area contributed by atoms with Crippen molar-refractivity contribution in [2.75, 3.05) is 18.4 Å². The van der Waals surface area contributed by atoms with Gasteiger partial charge < -0.3 is 10.2 Å². The second kappa shape index (κ2) is 7.61. The molecular formula is C22H31F3N4O. The Balaban J connectivity index is 1.52. The molecule has 1 aromatic rings. The molecule has 1 aliphatic carbocycles. The Labute approximate surface area is 175 Å². The molecule has 0 bridgehead atoms. The number of carbonyl (C=O) groups is 1. The van der Waals surface area contributed by atoms with Gasteiger partial charge in [0.15, 0.2) is 6.04 Å². The van der Waals surface area contributed by atoms with Crippen molar-refractivity contribution in [2.45, 2.75) is 77.1 Å². The molecule has 166 valence electrons. The van der Waals surface area contributed by atoms with Gasteiger partial charge in [-0.3, -0.25) is 4.79 Å². The first-order valence-electron chi connectivity index (χ1n) is 10.9. The summed E-state index contributed by atoms with van der Waals surface area (Å²) >= 11 is 0. The lowest BCUT2D eigenvalue weighted by Crippen LogP contribution is -2.44. The predicted octanol–water partition coefficient (Wildman–Crippen LogP) is 4.89. The molecule has 0 aromatic carbocycles. The Morgan fingerprint density at radius 3 is 2.60 bits per heavy atom. The average molecular weight is 425 g/mol. The van der Waals surface area contributed by atoms with Crippen molar-refractivity contribution in [3.63, 3.8) is 0 Å². The van der Waals surface area contributed by atoms with Gasteiger partial charge in [0.25, 0.3) is 0 Å². The Morgan fingerprint density at radius 1 is 1.20 bits per heavy atom. The number of aromatic nitrogens is 2. The minimum absolute atomic E-state index is 0.0186. The van der Waals surface area contributed by atoms with Gasteiger partial charge in [-0.1, -0.05) is 32.9 Å². The van der Waals surface area contributed by atoms with Crippen LogP contribution >= 0.6 is 0 Å². The second-order valence-corrected chi connectivity index (χ2v) is 10.0. The summed E-state index contributed by atoms with van der Waals surface area (Å²) in [5.41, 5.74) is 0.352. The number of nitrogens with zero attached hydrogens (tertiary/aromatic N) is 3. The fourth-order valence-electron chi connectivity index (χ4n) is 4.84. The number of amides is 1. The molecule has 1 fully saturated rings. The third kappa shape index (κ3) is 4.10. The number of halogens is 3. The van der Waals surface area contributed by atoms with Gasteiger partial charge in [-0.25, -0.2) is 4.68 Å². The monoisotopic (exact) mass is 424 g/mol. The summed E-state index contributed by atoms with van der Waals surface area (Å²) in [6.45, 7) is 7.03. The molecule has 1 saturated heterocycles. The molecule has 5 nitrogen and oxygen atoms in total. The van der Waals surface area contributed by atoms with Crippen molar-refractivity contribution >= 4 is 11.7 Å². The number of carbonyl (C=O) groups excluding carboxylic acids is 1. The van der Waals surface area contributed by atoms with E-state index in [9.17, 15) is 18.0 Å². The summed E-state index contributed by atoms with van der Waals surface area (Å²) < 4.78 is 42.5. The molecule has 2 aliphatic heterocycles. The number of rotatable bonds is 2. The van der Waals surface area contributed by atoms with Crippen molar-refractivity contribution in [2.24, 2.45) is 11.3 Å². The smallest absolute Gasteiger partial charge is 0.367 e. The Kier molecular flexibility index (Phi) is 5.39. The first kappa shape index (κ1) is 21.2. The highest BCUT2D eigenvalue weighted by molar-refractivity contribution is 5.79. The van der Waals surface area contributed by atoms with Crippen LogP contribution in [0.1, 0.15) is 70.5 Å². The van der Waals surface area contributed by atoms with Crippen LogP contribution in [0.2, 0.25) is 0 Å². The molecule has 0 saturated carbocycles. The molecule has 0 unspecified atom stereocenters. The highest BCUT2D eigenvalue weighted by Crippen LogP contribution is 2.44. The zero-order valence-corrected chi connectivity index (χ0v) is 17.9. The lowest BCUT2D eigenvalue weighted by molar-refractivity contribution is -0.175. The normalized spacial score (nSPS) is 29.6. The average Bonchev–Trinajstić information content (AvgIpc) is 3.32. The van der Waals surface area contributed by atoms with E-state index >= 15 is 0 Å². The van der Waals surface area contributed by atoms with Crippen LogP contribution in [-0.4, -0.2) is 45.9 Å². The molecule has 1 amide bonds. The highest BCUT2D eigenvalue weighted by atomic mass is 19.4. The number of allylic oxidation sites excluding steroid dienone is 2. The summed E-state index contributed by atoms with van der Waals surface area (Å²) in [5, 5.41) is 7.67. The fourth-order valence-corrected chi connectivity index (χ4v) is 4.84. The predicted molar refractivity (Wildman–Crippen MR) is 109 cm³/mol. The van der Waals surface area contributed by atoms with Crippen LogP contribution < -0.4 is 5.32 Å². The lowest BCUT2D eigenvalue weighted by atomic mass is 9.82. The van der Waals surface area contributed by atoms with Crippen LogP contribution in [0.25, 0.3) is 0 Å². The molecular weight excluding hydrogens is 393 g/mol. The van der Waals surface area contributed by atoms with Crippen LogP contribution in [0.4, 0.5) is 19.0 Å². The molecule has 8 heteroatoms. The SMILES string of the molecule is CC(C)(C)[C@H]1C[C@H](C(F)(F)F)n2nc([C@@H]3CCN(C(=O)[C@H]4CC=CCC4)C3)cc2N1. The zero-order chi connectivity index (χ0) is 21.7. The first-order valence-corrected chi connectivity index (χ1v) is 10.9. The summed E-state index contributed by atoms with van der Waals surface area (Å²) in [6, 6.07) is -0.152. The number of nitrogens with one attached hydrogen (secondary N) is 1. The number of alkyl halides is 3. The van der Waals surface area contributed by atoms with Crippen molar-refractivity contribution in [3.05, 3.63) is 23.9 Å². The standard InChI is InChI=1S/C22H31F3N4O/c1-21(2,3)17-12-18(22(23,24)25)29-19(26-17)11-16(27-29)15-9-10-28(13-15)20(30)14-7-5-4-6-8-14/h4-5,11,14-15,17-18,26H,6-10,12-13H2,1-3H3/t14-,15+,17+,18+/m0/s1. The zero-order valence-electron chi connectivity index (χ0n) is 17.9. The maximum Gasteiger partial charge on any atom is 0.410 e. The quantitative estimate of drug-likeness (QED) is 0.688. The van der Waals surface area contributed by atoms with Gasteiger partial charge in [0.1, 0.15) is 5.82 Å². The van der Waals surface area contributed by atoms with Gasteiger partial charge in [0.05, 0.1) is 5.69 Å². The maximum absolute atomic E-state index is 13.8. The second-order valence-electron chi connectivity index (χ2n) is 10.0. The van der Waals surface area contributed by atoms with E-state index < -0.39 is 12.2 Å². The Hall–Kier alpha value is -1.99. The highest BCUT2D eigenvalue weighted by Gasteiger charge is 2.48. The molecule has 1 N–H and O–H groups in total. The van der Waals surface area contributed by atoms with E-state index in [0.29, 0.717) is 24.6 Å². The van der Waals surface area contributed by atoms with E-state index in [2.05, 4.69) is 22.6 Å². The number of anilines is 1. The number of hydrogen-bond donors (Lipinski definition) is 1. The van der Waals surface area contributed by atoms with E-state index in [1.807, 2.05) is 25.7 Å². The van der Waals surface area contributed by atoms with Crippen molar-refractivity contribution in [1.29, 1.82) is 0 Å². The summed E-state index contributed by atoms with van der Waals surface area (Å²) in [4.78, 5) is 14.7. The Morgan fingerprint density at radius 2 is 1.97 bits per heavy atom. The summed E-state index contributed by atoms with van der Waals surface area (Å²) in [6.07, 6.45) is 3.12. The van der Waals surface area contributed by atoms with Crippen LogP contribution in [0.5, 0.6) is 0 Å². The summed E-state index contributed by atoms with van der Waals surface area (Å²) in [7, 11) is 0. The molecule has 0 spiro atoms. The lowest BCUT2D eigenvalue weighted by Gasteiger charge is -2.39. The summed E-state index contributed by atoms with van der Waals surface area (Å²) in [5.74, 6) is 0.619. The Bertz CT molecular complexity index is 823. The fraction of sp³-hybridized carbons (Fsp3) is 0.727. The third-order valence-corrected chi connectivity index (χ3v) is 6.79. The largest absolute Gasteiger partial charge is 0.410 e. The van der Waals surface area contributed by atoms with E-state index in [0.717, 1.165) is 30.4 Å². The number of likely N-dealkylation sites (tertiary alicyclic amines) is 1. The van der Waals surface area contributed by atoms with Gasteiger partial charge in [0, 0.05) is 37.0 Å². The minimum Gasteiger partial charge on any atom is -0.367 e. The number of hydrogen-bond acceptors (Lipinski definition) is 3. The maximum atomic E-state index is 13.8. The van der Waals surface area contributed by atoms with Crippen molar-refractivity contribution in [3.8, 4) is 0 Å². The molecule has 3 heterocycles. The molecule has 4 atom stereocenters. The molecule has 3 aliphatic rings. The molecule has 1 aromatic heterocycles. The minimum atomic E-state index is -4.35. The van der Waals surface area contributed by atoms with E-state index in [-0.39, 0.29) is 35.6 Å². The van der Waals surface area contributed by atoms with Gasteiger partial charge in [-0.15, -0.1) is 0 Å². The molecule has 4 rings (SSSR count).